The molecule has 4 nitrogen and oxygen atoms in total. The van der Waals surface area contributed by atoms with Crippen molar-refractivity contribution in [1.29, 1.82) is 0 Å². The van der Waals surface area contributed by atoms with E-state index in [0.717, 1.165) is 65.4 Å². The first-order valence-corrected chi connectivity index (χ1v) is 12.7. The van der Waals surface area contributed by atoms with E-state index in [1.807, 2.05) is 31.2 Å². The summed E-state index contributed by atoms with van der Waals surface area (Å²) in [6.07, 6.45) is 3.24. The van der Waals surface area contributed by atoms with Gasteiger partial charge in [-0.05, 0) is 49.4 Å². The molecule has 0 saturated heterocycles. The van der Waals surface area contributed by atoms with Crippen LogP contribution < -0.4 is 5.32 Å². The molecule has 1 N–H and O–H groups in total. The van der Waals surface area contributed by atoms with E-state index in [1.54, 1.807) is 0 Å². The van der Waals surface area contributed by atoms with Gasteiger partial charge in [-0.25, -0.2) is 4.52 Å². The number of thiocarbonyl (C=S) groups is 1. The van der Waals surface area contributed by atoms with Crippen molar-refractivity contribution < 1.29 is 0 Å². The third-order valence-electron chi connectivity index (χ3n) is 6.81. The molecule has 1 aliphatic heterocycles. The fourth-order valence-corrected chi connectivity index (χ4v) is 5.56. The molecule has 0 aliphatic carbocycles. The number of hydrogen-bond acceptors (Lipinski definition) is 2. The molecule has 2 aromatic heterocycles. The van der Waals surface area contributed by atoms with Crippen molar-refractivity contribution in [2.45, 2.75) is 32.7 Å². The quantitative estimate of drug-likeness (QED) is 0.261. The maximum Gasteiger partial charge on any atom is 0.162 e. The highest BCUT2D eigenvalue weighted by atomic mass is 35.5. The normalized spacial score (nSPS) is 13.1. The number of aromatic nitrogens is 3. The van der Waals surface area contributed by atoms with E-state index in [9.17, 15) is 0 Å². The smallest absolute Gasteiger partial charge is 0.162 e. The zero-order valence-electron chi connectivity index (χ0n) is 19.5. The van der Waals surface area contributed by atoms with Crippen molar-refractivity contribution in [2.24, 2.45) is 0 Å². The van der Waals surface area contributed by atoms with Crippen molar-refractivity contribution >= 4 is 40.1 Å². The topological polar surface area (TPSA) is 34.3 Å². The van der Waals surface area contributed by atoms with Gasteiger partial charge < -0.3 is 9.88 Å². The van der Waals surface area contributed by atoms with Crippen molar-refractivity contribution in [3.63, 3.8) is 0 Å². The molecule has 3 heterocycles. The van der Waals surface area contributed by atoms with Gasteiger partial charge in [-0.3, -0.25) is 0 Å². The molecule has 1 aliphatic rings. The zero-order chi connectivity index (χ0) is 23.9. The summed E-state index contributed by atoms with van der Waals surface area (Å²) in [6, 6.07) is 26.8. The van der Waals surface area contributed by atoms with Crippen molar-refractivity contribution in [3.8, 4) is 22.5 Å². The fourth-order valence-electron chi connectivity index (χ4n) is 5.09. The van der Waals surface area contributed by atoms with E-state index >= 15 is 0 Å². The van der Waals surface area contributed by atoms with Crippen molar-refractivity contribution in [2.75, 3.05) is 5.32 Å². The Kier molecular flexibility index (Phi) is 5.67. The van der Waals surface area contributed by atoms with Crippen LogP contribution in [0.3, 0.4) is 0 Å². The third-order valence-corrected chi connectivity index (χ3v) is 7.52. The van der Waals surface area contributed by atoms with Gasteiger partial charge in [0.15, 0.2) is 5.82 Å². The number of hydrogen-bond donors (Lipinski definition) is 1. The summed E-state index contributed by atoms with van der Waals surface area (Å²) in [5.41, 5.74) is 8.70. The van der Waals surface area contributed by atoms with Crippen LogP contribution in [0.4, 0.5) is 5.69 Å². The Bertz CT molecular complexity index is 1550. The first kappa shape index (κ1) is 22.1. The van der Waals surface area contributed by atoms with Crippen LogP contribution in [0.1, 0.15) is 29.7 Å². The minimum absolute atomic E-state index is 0.639. The monoisotopic (exact) mass is 496 g/mol. The molecule has 3 aromatic carbocycles. The van der Waals surface area contributed by atoms with E-state index in [0.29, 0.717) is 10.0 Å². The van der Waals surface area contributed by atoms with Gasteiger partial charge in [0.25, 0.3) is 0 Å². The minimum atomic E-state index is 0.639. The van der Waals surface area contributed by atoms with Crippen molar-refractivity contribution in [3.05, 3.63) is 101 Å². The zero-order valence-corrected chi connectivity index (χ0v) is 21.0. The highest BCUT2D eigenvalue weighted by Gasteiger charge is 2.29. The number of nitrogens with one attached hydrogen (secondary N) is 1. The van der Waals surface area contributed by atoms with Gasteiger partial charge in [0, 0.05) is 33.9 Å². The number of aryl methyl sites for hydroxylation is 2. The Hall–Kier alpha value is -3.41. The maximum absolute atomic E-state index is 6.41. The lowest BCUT2D eigenvalue weighted by Crippen LogP contribution is -2.15. The number of anilines is 1. The van der Waals surface area contributed by atoms with Gasteiger partial charge in [0.05, 0.1) is 0 Å². The van der Waals surface area contributed by atoms with Crippen molar-refractivity contribution in [1.82, 2.24) is 14.2 Å². The van der Waals surface area contributed by atoms with Gasteiger partial charge in [-0.15, -0.1) is 5.10 Å². The molecule has 0 spiro atoms. The second-order valence-electron chi connectivity index (χ2n) is 8.97. The van der Waals surface area contributed by atoms with E-state index in [-0.39, 0.29) is 0 Å². The first-order chi connectivity index (χ1) is 17.1. The Labute approximate surface area is 215 Å². The summed E-state index contributed by atoms with van der Waals surface area (Å²) < 4.78 is 4.45. The third kappa shape index (κ3) is 3.76. The lowest BCUT2D eigenvalue weighted by atomic mass is 9.98. The molecular weight excluding hydrogens is 472 g/mol. The van der Waals surface area contributed by atoms with Crippen LogP contribution in [-0.2, 0) is 13.0 Å². The highest BCUT2D eigenvalue weighted by molar-refractivity contribution is 7.81. The van der Waals surface area contributed by atoms with Gasteiger partial charge >= 0.3 is 0 Å². The predicted molar refractivity (Wildman–Crippen MR) is 149 cm³/mol. The van der Waals surface area contributed by atoms with Crippen LogP contribution >= 0.6 is 23.8 Å². The van der Waals surface area contributed by atoms with Gasteiger partial charge in [0.1, 0.15) is 16.3 Å². The lowest BCUT2D eigenvalue weighted by Gasteiger charge is -2.14. The fraction of sp³-hybridized carbons (Fsp3) is 0.172. The van der Waals surface area contributed by atoms with Gasteiger partial charge in [-0.1, -0.05) is 90.5 Å². The minimum Gasteiger partial charge on any atom is -0.345 e. The van der Waals surface area contributed by atoms with E-state index in [4.69, 9.17) is 28.9 Å². The molecule has 0 bridgehead atoms. The lowest BCUT2D eigenvalue weighted by molar-refractivity contribution is 0.645. The highest BCUT2D eigenvalue weighted by Crippen LogP contribution is 2.39. The van der Waals surface area contributed by atoms with Crippen LogP contribution in [0.5, 0.6) is 0 Å². The molecular formula is C29H25ClN4S. The summed E-state index contributed by atoms with van der Waals surface area (Å²) >= 11 is 12.5. The van der Waals surface area contributed by atoms with E-state index in [1.165, 1.54) is 11.1 Å². The number of nitrogens with zero attached hydrogens (tertiary/aromatic N) is 3. The second kappa shape index (κ2) is 8.99. The van der Waals surface area contributed by atoms with Crippen LogP contribution in [0, 0.1) is 6.92 Å². The SMILES string of the molecule is Cc1c(Cl)cccc1NC(=S)c1c(-c2ccccc2)c2c3n(c(-c4ccccc4)nn13)CCCC2. The average molecular weight is 497 g/mol. The number of benzene rings is 3. The van der Waals surface area contributed by atoms with Crippen LogP contribution in [0.2, 0.25) is 5.02 Å². The number of rotatable bonds is 4. The molecule has 0 amide bonds. The average Bonchev–Trinajstić information content (AvgIpc) is 3.31. The molecule has 5 aromatic rings. The molecule has 0 unspecified atom stereocenters. The Balaban J connectivity index is 1.61. The van der Waals surface area contributed by atoms with E-state index in [2.05, 4.69) is 69.0 Å². The largest absolute Gasteiger partial charge is 0.345 e. The standard InChI is InChI=1S/C29H25ClN4S/c1-19-23(30)16-10-17-24(19)31-28(35)26-25(20-11-4-2-5-12-20)22-15-8-9-18-33-27(32-34(26)29(22)33)21-13-6-3-7-14-21/h2-7,10-14,16-17H,8-9,15,18H2,1H3,(H,31,35). The molecule has 0 fully saturated rings. The Morgan fingerprint density at radius 2 is 1.63 bits per heavy atom. The molecule has 174 valence electrons. The predicted octanol–water partition coefficient (Wildman–Crippen LogP) is 7.56. The Morgan fingerprint density at radius 1 is 0.914 bits per heavy atom. The Morgan fingerprint density at radius 3 is 2.37 bits per heavy atom. The molecule has 0 saturated carbocycles. The molecule has 0 atom stereocenters. The van der Waals surface area contributed by atoms with Crippen LogP contribution in [-0.4, -0.2) is 19.2 Å². The van der Waals surface area contributed by atoms with Gasteiger partial charge in [-0.2, -0.15) is 0 Å². The molecule has 0 radical (unpaired) electrons. The second-order valence-corrected chi connectivity index (χ2v) is 9.78. The summed E-state index contributed by atoms with van der Waals surface area (Å²) in [6.45, 7) is 2.94. The summed E-state index contributed by atoms with van der Waals surface area (Å²) in [7, 11) is 0. The summed E-state index contributed by atoms with van der Waals surface area (Å²) in [5.74, 6) is 0.978. The maximum atomic E-state index is 6.41. The molecule has 35 heavy (non-hydrogen) atoms. The molecule has 6 rings (SSSR count). The van der Waals surface area contributed by atoms with Crippen LogP contribution in [0.15, 0.2) is 78.9 Å². The first-order valence-electron chi connectivity index (χ1n) is 11.9. The van der Waals surface area contributed by atoms with Crippen LogP contribution in [0.25, 0.3) is 28.2 Å². The summed E-state index contributed by atoms with van der Waals surface area (Å²) in [5, 5.41) is 9.37. The number of halogens is 1. The van der Waals surface area contributed by atoms with Gasteiger partial charge in [0.2, 0.25) is 0 Å². The van der Waals surface area contributed by atoms with E-state index < -0.39 is 0 Å². The molecule has 6 heteroatoms. The summed E-state index contributed by atoms with van der Waals surface area (Å²) in [4.78, 5) is 0.639.